The van der Waals surface area contributed by atoms with Crippen LogP contribution in [0.15, 0.2) is 11.6 Å². The second-order valence-electron chi connectivity index (χ2n) is 11.7. The molecule has 3 saturated heterocycles. The lowest BCUT2D eigenvalue weighted by Crippen LogP contribution is -2.63. The molecule has 6 fully saturated rings. The molecular weight excluding hydrogens is 396 g/mol. The summed E-state index contributed by atoms with van der Waals surface area (Å²) in [6, 6.07) is 0. The highest BCUT2D eigenvalue weighted by atomic mass is 16.8. The second kappa shape index (κ2) is 5.63. The van der Waals surface area contributed by atoms with E-state index in [1.165, 1.54) is 5.57 Å². The van der Waals surface area contributed by atoms with Crippen LogP contribution in [0.5, 0.6) is 0 Å². The van der Waals surface area contributed by atoms with Gasteiger partial charge in [-0.1, -0.05) is 19.4 Å². The van der Waals surface area contributed by atoms with Crippen LogP contribution in [0.2, 0.25) is 0 Å². The Kier molecular flexibility index (Phi) is 3.49. The van der Waals surface area contributed by atoms with Crippen molar-refractivity contribution in [3.05, 3.63) is 11.6 Å². The molecule has 168 valence electrons. The van der Waals surface area contributed by atoms with Crippen LogP contribution >= 0.6 is 0 Å². The lowest BCUT2D eigenvalue weighted by atomic mass is 9.43. The highest BCUT2D eigenvalue weighted by Crippen LogP contribution is 2.79. The van der Waals surface area contributed by atoms with Crippen molar-refractivity contribution >= 4 is 11.8 Å². The van der Waals surface area contributed by atoms with Crippen LogP contribution in [-0.2, 0) is 28.5 Å². The average Bonchev–Trinajstić information content (AvgIpc) is 3.60. The number of hydrogen-bond donors (Lipinski definition) is 0. The Morgan fingerprint density at radius 2 is 1.97 bits per heavy atom. The molecule has 3 saturated carbocycles. The molecule has 7 aliphatic rings. The molecule has 0 aromatic rings. The number of hydrogen-bond acceptors (Lipinski definition) is 6. The fourth-order valence-corrected chi connectivity index (χ4v) is 9.28. The molecule has 10 atom stereocenters. The monoisotopic (exact) mass is 428 g/mol. The first-order valence-electron chi connectivity index (χ1n) is 12.1. The number of ether oxygens (including phenoxy) is 4. The molecule has 0 aromatic carbocycles. The number of carbonyl (C=O) groups excluding carboxylic acids is 2. The molecule has 4 aliphatic carbocycles. The number of ketones is 1. The maximum atomic E-state index is 12.4. The second-order valence-corrected chi connectivity index (χ2v) is 11.7. The Labute approximate surface area is 183 Å². The molecule has 3 heterocycles. The van der Waals surface area contributed by atoms with Crippen molar-refractivity contribution in [2.24, 2.45) is 28.6 Å². The van der Waals surface area contributed by atoms with E-state index >= 15 is 0 Å². The van der Waals surface area contributed by atoms with Gasteiger partial charge in [0.25, 0.3) is 0 Å². The van der Waals surface area contributed by atoms with Gasteiger partial charge in [-0.2, -0.15) is 0 Å². The quantitative estimate of drug-likeness (QED) is 0.496. The fraction of sp³-hybridized carbons (Fsp3) is 0.840. The zero-order valence-corrected chi connectivity index (χ0v) is 18.6. The molecule has 0 N–H and O–H groups in total. The van der Waals surface area contributed by atoms with Gasteiger partial charge in [0.2, 0.25) is 0 Å². The summed E-state index contributed by atoms with van der Waals surface area (Å²) in [5.74, 6) is 1.26. The van der Waals surface area contributed by atoms with Crippen molar-refractivity contribution in [3.63, 3.8) is 0 Å². The third-order valence-corrected chi connectivity index (χ3v) is 10.9. The maximum Gasteiger partial charge on any atom is 0.306 e. The topological polar surface area (TPSA) is 77.7 Å². The van der Waals surface area contributed by atoms with Crippen molar-refractivity contribution in [2.45, 2.75) is 94.9 Å². The van der Waals surface area contributed by atoms with Crippen LogP contribution < -0.4 is 0 Å². The summed E-state index contributed by atoms with van der Waals surface area (Å²) in [7, 11) is 1.71. The minimum absolute atomic E-state index is 0.0384. The maximum absolute atomic E-state index is 12.4. The standard InChI is InChI=1S/C25H32O6/c1-22-7-4-14(26)10-13(22)11-15(20-21(28-3)29-20)19-16-5-8-24(9-6-18(27)31-24)23(16,2)12-17-25(19,22)30-17/h10,15-17,19-21H,4-9,11-12H2,1-3H3/t15-,16?,17-,19?,20?,21?,22+,23+,24-,25-/m1/s1. The Balaban J connectivity index is 1.35. The van der Waals surface area contributed by atoms with Gasteiger partial charge in [-0.3, -0.25) is 9.59 Å². The van der Waals surface area contributed by atoms with E-state index in [1.807, 2.05) is 6.08 Å². The first-order chi connectivity index (χ1) is 14.8. The van der Waals surface area contributed by atoms with E-state index in [0.29, 0.717) is 24.7 Å². The third kappa shape index (κ3) is 2.07. The lowest BCUT2D eigenvalue weighted by molar-refractivity contribution is -0.166. The van der Waals surface area contributed by atoms with Gasteiger partial charge in [0.05, 0.1) is 6.10 Å². The minimum atomic E-state index is -0.331. The van der Waals surface area contributed by atoms with Crippen LogP contribution in [-0.4, -0.2) is 48.6 Å². The molecule has 0 amide bonds. The number of epoxide rings is 2. The van der Waals surface area contributed by atoms with E-state index in [9.17, 15) is 9.59 Å². The number of esters is 1. The van der Waals surface area contributed by atoms with Crippen LogP contribution in [0.1, 0.15) is 65.2 Å². The Hall–Kier alpha value is -1.24. The van der Waals surface area contributed by atoms with Crippen molar-refractivity contribution in [3.8, 4) is 0 Å². The Morgan fingerprint density at radius 1 is 1.13 bits per heavy atom. The normalized spacial score (nSPS) is 58.7. The summed E-state index contributed by atoms with van der Waals surface area (Å²) in [5, 5.41) is 0. The van der Waals surface area contributed by atoms with Crippen molar-refractivity contribution < 1.29 is 28.5 Å². The average molecular weight is 429 g/mol. The van der Waals surface area contributed by atoms with Crippen molar-refractivity contribution in [1.29, 1.82) is 0 Å². The van der Waals surface area contributed by atoms with E-state index in [-0.39, 0.29) is 58.2 Å². The molecule has 3 aliphatic heterocycles. The van der Waals surface area contributed by atoms with Gasteiger partial charge in [0.15, 0.2) is 12.1 Å². The Bertz CT molecular complexity index is 927. The predicted molar refractivity (Wildman–Crippen MR) is 109 cm³/mol. The summed E-state index contributed by atoms with van der Waals surface area (Å²) >= 11 is 0. The summed E-state index contributed by atoms with van der Waals surface area (Å²) in [4.78, 5) is 24.6. The minimum Gasteiger partial charge on any atom is -0.458 e. The zero-order chi connectivity index (χ0) is 21.4. The number of rotatable bonds is 2. The number of methoxy groups -OCH3 is 1. The molecule has 6 nitrogen and oxygen atoms in total. The number of carbonyl (C=O) groups is 2. The van der Waals surface area contributed by atoms with Crippen molar-refractivity contribution in [2.75, 3.05) is 7.11 Å². The zero-order valence-electron chi connectivity index (χ0n) is 18.6. The molecule has 0 bridgehead atoms. The lowest BCUT2D eigenvalue weighted by Gasteiger charge is -2.59. The third-order valence-electron chi connectivity index (χ3n) is 10.9. The van der Waals surface area contributed by atoms with Gasteiger partial charge in [-0.05, 0) is 56.4 Å². The molecule has 0 aromatic heterocycles. The van der Waals surface area contributed by atoms with Gasteiger partial charge in [-0.15, -0.1) is 0 Å². The molecule has 7 rings (SSSR count). The van der Waals surface area contributed by atoms with E-state index in [2.05, 4.69) is 13.8 Å². The summed E-state index contributed by atoms with van der Waals surface area (Å²) < 4.78 is 24.5. The van der Waals surface area contributed by atoms with E-state index in [1.54, 1.807) is 7.11 Å². The van der Waals surface area contributed by atoms with Crippen LogP contribution in [0.3, 0.4) is 0 Å². The first-order valence-corrected chi connectivity index (χ1v) is 12.1. The molecule has 2 spiro atoms. The predicted octanol–water partition coefficient (Wildman–Crippen LogP) is 3.32. The van der Waals surface area contributed by atoms with Crippen LogP contribution in [0.25, 0.3) is 0 Å². The van der Waals surface area contributed by atoms with Gasteiger partial charge in [0.1, 0.15) is 17.3 Å². The van der Waals surface area contributed by atoms with Crippen LogP contribution in [0.4, 0.5) is 0 Å². The molecule has 4 unspecified atom stereocenters. The molecular formula is C25H32O6. The van der Waals surface area contributed by atoms with Crippen LogP contribution in [0, 0.1) is 28.6 Å². The van der Waals surface area contributed by atoms with Gasteiger partial charge < -0.3 is 18.9 Å². The van der Waals surface area contributed by atoms with E-state index in [0.717, 1.165) is 38.5 Å². The Morgan fingerprint density at radius 3 is 2.68 bits per heavy atom. The molecule has 31 heavy (non-hydrogen) atoms. The molecule has 0 radical (unpaired) electrons. The molecule has 6 heteroatoms. The van der Waals surface area contributed by atoms with Crippen molar-refractivity contribution in [1.82, 2.24) is 0 Å². The largest absolute Gasteiger partial charge is 0.458 e. The highest BCUT2D eigenvalue weighted by molar-refractivity contribution is 5.92. The van der Waals surface area contributed by atoms with Gasteiger partial charge in [-0.25, -0.2) is 0 Å². The number of fused-ring (bicyclic) bond motifs is 4. The van der Waals surface area contributed by atoms with Gasteiger partial charge >= 0.3 is 5.97 Å². The first kappa shape index (κ1) is 19.2. The van der Waals surface area contributed by atoms with E-state index in [4.69, 9.17) is 18.9 Å². The fourth-order valence-electron chi connectivity index (χ4n) is 9.28. The van der Waals surface area contributed by atoms with Gasteiger partial charge in [0, 0.05) is 36.7 Å². The highest BCUT2D eigenvalue weighted by Gasteiger charge is 2.83. The summed E-state index contributed by atoms with van der Waals surface area (Å²) in [6.45, 7) is 4.71. The summed E-state index contributed by atoms with van der Waals surface area (Å²) in [6.07, 6.45) is 8.72. The van der Waals surface area contributed by atoms with E-state index < -0.39 is 0 Å². The summed E-state index contributed by atoms with van der Waals surface area (Å²) in [5.41, 5.74) is 0.564. The SMILES string of the molecule is COC1OC1[C@@H]1CC2=CC(=O)CC[C@]2(C)[C@@]23O[C@@H]2C[C@@]2(C)C(CC[C@@]24CCC(=O)O4)C13. The smallest absolute Gasteiger partial charge is 0.306 e.